The zero-order chi connectivity index (χ0) is 17.8. The Hall–Kier alpha value is -2.69. The SMILES string of the molecule is CCN(CC)c1ccc(N=Nc2c(C(C)C)nc3ccccn23)cc1. The third-order valence-electron chi connectivity index (χ3n) is 4.32. The van der Waals surface area contributed by atoms with Crippen LogP contribution in [0.5, 0.6) is 0 Å². The largest absolute Gasteiger partial charge is 0.372 e. The highest BCUT2D eigenvalue weighted by atomic mass is 15.2. The van der Waals surface area contributed by atoms with Crippen LogP contribution < -0.4 is 4.90 Å². The highest BCUT2D eigenvalue weighted by Crippen LogP contribution is 2.29. The van der Waals surface area contributed by atoms with E-state index in [4.69, 9.17) is 0 Å². The summed E-state index contributed by atoms with van der Waals surface area (Å²) in [5.74, 6) is 1.09. The van der Waals surface area contributed by atoms with Gasteiger partial charge in [0.1, 0.15) is 5.65 Å². The van der Waals surface area contributed by atoms with Gasteiger partial charge < -0.3 is 4.90 Å². The number of anilines is 1. The van der Waals surface area contributed by atoms with Crippen molar-refractivity contribution in [3.63, 3.8) is 0 Å². The molecule has 0 aliphatic heterocycles. The number of pyridine rings is 1. The summed E-state index contributed by atoms with van der Waals surface area (Å²) in [6.45, 7) is 10.6. The van der Waals surface area contributed by atoms with Gasteiger partial charge in [-0.2, -0.15) is 0 Å². The molecule has 0 radical (unpaired) electrons. The molecule has 0 aliphatic rings. The fourth-order valence-corrected chi connectivity index (χ4v) is 2.91. The molecule has 3 aromatic rings. The minimum absolute atomic E-state index is 0.291. The van der Waals surface area contributed by atoms with Crippen LogP contribution in [0.3, 0.4) is 0 Å². The second kappa shape index (κ2) is 7.47. The van der Waals surface area contributed by atoms with E-state index in [0.29, 0.717) is 5.92 Å². The Bertz CT molecular complexity index is 857. The van der Waals surface area contributed by atoms with Gasteiger partial charge in [-0.3, -0.25) is 4.40 Å². The summed E-state index contributed by atoms with van der Waals surface area (Å²) in [6.07, 6.45) is 1.98. The predicted molar refractivity (Wildman–Crippen MR) is 103 cm³/mol. The normalized spacial score (nSPS) is 11.7. The summed E-state index contributed by atoms with van der Waals surface area (Å²) in [4.78, 5) is 6.99. The lowest BCUT2D eigenvalue weighted by Gasteiger charge is -2.20. The van der Waals surface area contributed by atoms with Gasteiger partial charge in [0, 0.05) is 25.0 Å². The first kappa shape index (κ1) is 17.1. The molecule has 5 nitrogen and oxygen atoms in total. The Balaban J connectivity index is 1.92. The number of benzene rings is 1. The molecule has 0 N–H and O–H groups in total. The molecule has 0 unspecified atom stereocenters. The summed E-state index contributed by atoms with van der Waals surface area (Å²) in [6, 6.07) is 14.2. The van der Waals surface area contributed by atoms with E-state index in [0.717, 1.165) is 35.9 Å². The first-order chi connectivity index (χ1) is 12.1. The Morgan fingerprint density at radius 1 is 1.00 bits per heavy atom. The molecule has 0 spiro atoms. The smallest absolute Gasteiger partial charge is 0.183 e. The molecule has 2 aromatic heterocycles. The van der Waals surface area contributed by atoms with Crippen molar-refractivity contribution in [1.82, 2.24) is 9.38 Å². The van der Waals surface area contributed by atoms with Gasteiger partial charge in [0.2, 0.25) is 0 Å². The Labute approximate surface area is 149 Å². The topological polar surface area (TPSA) is 45.3 Å². The molecule has 0 saturated carbocycles. The van der Waals surface area contributed by atoms with E-state index in [1.165, 1.54) is 5.69 Å². The van der Waals surface area contributed by atoms with Gasteiger partial charge in [-0.05, 0) is 56.2 Å². The zero-order valence-corrected chi connectivity index (χ0v) is 15.3. The maximum atomic E-state index is 4.69. The van der Waals surface area contributed by atoms with Crippen LogP contribution in [-0.2, 0) is 0 Å². The van der Waals surface area contributed by atoms with E-state index in [2.05, 4.69) is 59.9 Å². The minimum atomic E-state index is 0.291. The van der Waals surface area contributed by atoms with Crippen molar-refractivity contribution in [3.8, 4) is 0 Å². The molecule has 2 heterocycles. The van der Waals surface area contributed by atoms with E-state index < -0.39 is 0 Å². The highest BCUT2D eigenvalue weighted by molar-refractivity contribution is 5.55. The minimum Gasteiger partial charge on any atom is -0.372 e. The average molecular weight is 335 g/mol. The lowest BCUT2D eigenvalue weighted by molar-refractivity contribution is 0.831. The number of nitrogens with zero attached hydrogens (tertiary/aromatic N) is 5. The lowest BCUT2D eigenvalue weighted by atomic mass is 10.1. The van der Waals surface area contributed by atoms with Gasteiger partial charge in [-0.1, -0.05) is 19.9 Å². The molecule has 25 heavy (non-hydrogen) atoms. The van der Waals surface area contributed by atoms with E-state index in [-0.39, 0.29) is 0 Å². The zero-order valence-electron chi connectivity index (χ0n) is 15.3. The summed E-state index contributed by atoms with van der Waals surface area (Å²) >= 11 is 0. The van der Waals surface area contributed by atoms with Crippen molar-refractivity contribution in [3.05, 3.63) is 54.4 Å². The standard InChI is InChI=1S/C20H25N5/c1-5-24(6-2)17-12-10-16(11-13-17)22-23-20-19(15(3)4)21-18-9-7-8-14-25(18)20/h7-15H,5-6H2,1-4H3. The third-order valence-corrected chi connectivity index (χ3v) is 4.32. The van der Waals surface area contributed by atoms with Crippen LogP contribution in [0.15, 0.2) is 58.9 Å². The van der Waals surface area contributed by atoms with Crippen molar-refractivity contribution in [2.24, 2.45) is 10.2 Å². The van der Waals surface area contributed by atoms with Crippen LogP contribution in [0.1, 0.15) is 39.3 Å². The first-order valence-electron chi connectivity index (χ1n) is 8.87. The number of imidazole rings is 1. The van der Waals surface area contributed by atoms with E-state index >= 15 is 0 Å². The summed E-state index contributed by atoms with van der Waals surface area (Å²) in [5, 5.41) is 8.95. The van der Waals surface area contributed by atoms with Gasteiger partial charge >= 0.3 is 0 Å². The number of aromatic nitrogens is 2. The van der Waals surface area contributed by atoms with Crippen molar-refractivity contribution in [2.75, 3.05) is 18.0 Å². The summed E-state index contributed by atoms with van der Waals surface area (Å²) < 4.78 is 1.99. The Morgan fingerprint density at radius 2 is 1.72 bits per heavy atom. The lowest BCUT2D eigenvalue weighted by Crippen LogP contribution is -2.21. The monoisotopic (exact) mass is 335 g/mol. The van der Waals surface area contributed by atoms with Crippen LogP contribution in [0.2, 0.25) is 0 Å². The number of fused-ring (bicyclic) bond motifs is 1. The van der Waals surface area contributed by atoms with Crippen LogP contribution in [0, 0.1) is 0 Å². The van der Waals surface area contributed by atoms with Crippen LogP contribution >= 0.6 is 0 Å². The van der Waals surface area contributed by atoms with E-state index in [1.54, 1.807) is 0 Å². The molecule has 0 amide bonds. The van der Waals surface area contributed by atoms with Crippen LogP contribution in [-0.4, -0.2) is 22.5 Å². The first-order valence-corrected chi connectivity index (χ1v) is 8.87. The average Bonchev–Trinajstić information content (AvgIpc) is 3.01. The van der Waals surface area contributed by atoms with Crippen molar-refractivity contribution < 1.29 is 0 Å². The Kier molecular flexibility index (Phi) is 5.12. The molecule has 0 saturated heterocycles. The van der Waals surface area contributed by atoms with Crippen LogP contribution in [0.25, 0.3) is 5.65 Å². The maximum Gasteiger partial charge on any atom is 0.183 e. The van der Waals surface area contributed by atoms with Gasteiger partial charge in [-0.25, -0.2) is 4.98 Å². The van der Waals surface area contributed by atoms with Crippen molar-refractivity contribution in [1.29, 1.82) is 0 Å². The maximum absolute atomic E-state index is 4.69. The quantitative estimate of drug-likeness (QED) is 0.541. The van der Waals surface area contributed by atoms with Crippen LogP contribution in [0.4, 0.5) is 17.2 Å². The molecule has 0 atom stereocenters. The number of azo groups is 1. The van der Waals surface area contributed by atoms with Crippen molar-refractivity contribution in [2.45, 2.75) is 33.6 Å². The summed E-state index contributed by atoms with van der Waals surface area (Å²) in [7, 11) is 0. The van der Waals surface area contributed by atoms with E-state index in [1.807, 2.05) is 40.9 Å². The molecule has 5 heteroatoms. The fourth-order valence-electron chi connectivity index (χ4n) is 2.91. The second-order valence-electron chi connectivity index (χ2n) is 6.29. The van der Waals surface area contributed by atoms with E-state index in [9.17, 15) is 0 Å². The number of hydrogen-bond donors (Lipinski definition) is 0. The predicted octanol–water partition coefficient (Wildman–Crippen LogP) is 5.72. The summed E-state index contributed by atoms with van der Waals surface area (Å²) in [5.41, 5.74) is 3.92. The highest BCUT2D eigenvalue weighted by Gasteiger charge is 2.14. The van der Waals surface area contributed by atoms with Gasteiger partial charge in [0.25, 0.3) is 0 Å². The molecular weight excluding hydrogens is 310 g/mol. The van der Waals surface area contributed by atoms with Crippen molar-refractivity contribution >= 4 is 22.8 Å². The fraction of sp³-hybridized carbons (Fsp3) is 0.350. The van der Waals surface area contributed by atoms with Gasteiger partial charge in [-0.15, -0.1) is 10.2 Å². The van der Waals surface area contributed by atoms with Gasteiger partial charge in [0.15, 0.2) is 5.82 Å². The molecule has 0 aliphatic carbocycles. The molecular formula is C20H25N5. The molecule has 1 aromatic carbocycles. The molecule has 0 bridgehead atoms. The second-order valence-corrected chi connectivity index (χ2v) is 6.29. The van der Waals surface area contributed by atoms with Gasteiger partial charge in [0.05, 0.1) is 11.4 Å². The Morgan fingerprint density at radius 3 is 2.36 bits per heavy atom. The number of hydrogen-bond acceptors (Lipinski definition) is 4. The molecule has 0 fully saturated rings. The number of rotatable bonds is 6. The molecule has 130 valence electrons. The molecule has 3 rings (SSSR count). The third kappa shape index (κ3) is 3.55.